The first kappa shape index (κ1) is 25.2. The molecule has 0 aliphatic rings. The topological polar surface area (TPSA) is 84.6 Å². The van der Waals surface area contributed by atoms with Crippen LogP contribution in [0.3, 0.4) is 0 Å². The smallest absolute Gasteiger partial charge is 0.228 e. The molecule has 0 saturated carbocycles. The zero-order valence-electron chi connectivity index (χ0n) is 18.1. The third kappa shape index (κ3) is 9.47. The fraction of sp³-hybridized carbons (Fsp3) is 0.571. The van der Waals surface area contributed by atoms with Crippen molar-refractivity contribution in [2.45, 2.75) is 53.5 Å². The number of benzene rings is 1. The lowest BCUT2D eigenvalue weighted by molar-refractivity contribution is 0.294. The second kappa shape index (κ2) is 13.4. The first-order valence-electron chi connectivity index (χ1n) is 9.94. The van der Waals surface area contributed by atoms with Gasteiger partial charge in [0.25, 0.3) is 0 Å². The molecule has 29 heavy (non-hydrogen) atoms. The lowest BCUT2D eigenvalue weighted by Gasteiger charge is -2.15. The molecule has 0 bridgehead atoms. The minimum absolute atomic E-state index is 0. The fourth-order valence-corrected chi connectivity index (χ4v) is 2.74. The van der Waals surface area contributed by atoms with Crippen molar-refractivity contribution in [2.24, 2.45) is 10.9 Å². The van der Waals surface area contributed by atoms with Gasteiger partial charge in [-0.3, -0.25) is 4.99 Å². The number of rotatable bonds is 10. The van der Waals surface area contributed by atoms with Gasteiger partial charge in [0.15, 0.2) is 11.8 Å². The lowest BCUT2D eigenvalue weighted by Crippen LogP contribution is -2.38. The van der Waals surface area contributed by atoms with Gasteiger partial charge in [0.05, 0.1) is 6.61 Å². The molecule has 7 nitrogen and oxygen atoms in total. The van der Waals surface area contributed by atoms with Crippen LogP contribution in [-0.2, 0) is 13.0 Å². The zero-order chi connectivity index (χ0) is 20.4. The zero-order valence-corrected chi connectivity index (χ0v) is 20.4. The van der Waals surface area contributed by atoms with E-state index in [1.165, 1.54) is 12.0 Å². The van der Waals surface area contributed by atoms with Crippen LogP contribution in [0.25, 0.3) is 0 Å². The molecule has 1 aromatic carbocycles. The summed E-state index contributed by atoms with van der Waals surface area (Å²) < 4.78 is 11.2. The monoisotopic (exact) mass is 515 g/mol. The highest BCUT2D eigenvalue weighted by Gasteiger charge is 2.07. The molecule has 162 valence electrons. The van der Waals surface area contributed by atoms with E-state index in [1.807, 2.05) is 6.92 Å². The Bertz CT molecular complexity index is 761. The summed E-state index contributed by atoms with van der Waals surface area (Å²) >= 11 is 0. The van der Waals surface area contributed by atoms with Crippen LogP contribution in [0.4, 0.5) is 0 Å². The summed E-state index contributed by atoms with van der Waals surface area (Å²) in [6.07, 6.45) is 2.89. The van der Waals surface area contributed by atoms with Crippen molar-refractivity contribution >= 4 is 29.9 Å². The summed E-state index contributed by atoms with van der Waals surface area (Å²) in [5.41, 5.74) is 2.31. The van der Waals surface area contributed by atoms with Crippen molar-refractivity contribution in [1.29, 1.82) is 0 Å². The molecule has 0 atom stereocenters. The van der Waals surface area contributed by atoms with Gasteiger partial charge in [0, 0.05) is 32.1 Å². The van der Waals surface area contributed by atoms with Gasteiger partial charge in [-0.05, 0) is 44.2 Å². The van der Waals surface area contributed by atoms with Crippen molar-refractivity contribution < 1.29 is 9.26 Å². The first-order chi connectivity index (χ1) is 13.5. The minimum Gasteiger partial charge on any atom is -0.493 e. The van der Waals surface area contributed by atoms with Gasteiger partial charge >= 0.3 is 0 Å². The van der Waals surface area contributed by atoms with E-state index in [2.05, 4.69) is 64.7 Å². The van der Waals surface area contributed by atoms with Crippen LogP contribution in [0.2, 0.25) is 0 Å². The number of guanidine groups is 1. The molecular weight excluding hydrogens is 481 g/mol. The Kier molecular flexibility index (Phi) is 11.6. The molecular formula is C21H34IN5O2. The number of aliphatic imine (C=N–C) groups is 1. The molecule has 2 aromatic rings. The van der Waals surface area contributed by atoms with E-state index in [0.29, 0.717) is 37.1 Å². The highest BCUT2D eigenvalue weighted by Crippen LogP contribution is 2.21. The number of halogens is 1. The molecule has 0 aliphatic carbocycles. The predicted molar refractivity (Wildman–Crippen MR) is 127 cm³/mol. The number of hydrogen-bond acceptors (Lipinski definition) is 5. The molecule has 0 amide bonds. The number of nitrogens with zero attached hydrogens (tertiary/aromatic N) is 3. The fourth-order valence-electron chi connectivity index (χ4n) is 2.74. The van der Waals surface area contributed by atoms with Crippen LogP contribution >= 0.6 is 24.0 Å². The van der Waals surface area contributed by atoms with Crippen LogP contribution in [0.5, 0.6) is 5.75 Å². The van der Waals surface area contributed by atoms with Crippen molar-refractivity contribution in [3.8, 4) is 5.75 Å². The Balaban J connectivity index is 0.00000420. The second-order valence-corrected chi connectivity index (χ2v) is 7.33. The average Bonchev–Trinajstić information content (AvgIpc) is 3.07. The van der Waals surface area contributed by atoms with Gasteiger partial charge in [0.1, 0.15) is 5.75 Å². The quantitative estimate of drug-likeness (QED) is 0.215. The Morgan fingerprint density at radius 3 is 2.69 bits per heavy atom. The van der Waals surface area contributed by atoms with E-state index >= 15 is 0 Å². The van der Waals surface area contributed by atoms with E-state index in [4.69, 9.17) is 9.26 Å². The van der Waals surface area contributed by atoms with Crippen LogP contribution in [0.1, 0.15) is 49.5 Å². The molecule has 2 N–H and O–H groups in total. The molecule has 0 aliphatic heterocycles. The van der Waals surface area contributed by atoms with E-state index in [-0.39, 0.29) is 24.0 Å². The minimum atomic E-state index is 0. The molecule has 2 rings (SSSR count). The van der Waals surface area contributed by atoms with Crippen LogP contribution in [0.15, 0.2) is 27.7 Å². The predicted octanol–water partition coefficient (Wildman–Crippen LogP) is 4.03. The van der Waals surface area contributed by atoms with Gasteiger partial charge in [-0.15, -0.1) is 24.0 Å². The van der Waals surface area contributed by atoms with Crippen LogP contribution in [0, 0.1) is 19.8 Å². The van der Waals surface area contributed by atoms with Crippen molar-refractivity contribution in [3.05, 3.63) is 41.0 Å². The summed E-state index contributed by atoms with van der Waals surface area (Å²) in [5.74, 6) is 3.64. The van der Waals surface area contributed by atoms with Crippen molar-refractivity contribution in [3.63, 3.8) is 0 Å². The highest BCUT2D eigenvalue weighted by molar-refractivity contribution is 14.0. The van der Waals surface area contributed by atoms with Gasteiger partial charge in [-0.25, -0.2) is 0 Å². The maximum Gasteiger partial charge on any atom is 0.228 e. The summed E-state index contributed by atoms with van der Waals surface area (Å²) in [7, 11) is 1.75. The average molecular weight is 515 g/mol. The maximum atomic E-state index is 6.05. The number of nitrogens with one attached hydrogen (secondary N) is 2. The van der Waals surface area contributed by atoms with Gasteiger partial charge in [0.2, 0.25) is 5.89 Å². The Morgan fingerprint density at radius 2 is 2.03 bits per heavy atom. The first-order valence-corrected chi connectivity index (χ1v) is 9.94. The number of hydrogen-bond donors (Lipinski definition) is 2. The normalized spacial score (nSPS) is 11.3. The number of ether oxygens (including phenoxy) is 1. The molecule has 0 spiro atoms. The SMILES string of the molecule is CN=C(NCCc1nc(C)no1)NCc1ccc(C)cc1OCCCC(C)C.I. The summed E-state index contributed by atoms with van der Waals surface area (Å²) in [4.78, 5) is 8.47. The molecule has 1 heterocycles. The van der Waals surface area contributed by atoms with Gasteiger partial charge < -0.3 is 19.9 Å². The summed E-state index contributed by atoms with van der Waals surface area (Å²) in [6.45, 7) is 10.4. The van der Waals surface area contributed by atoms with Crippen molar-refractivity contribution in [2.75, 3.05) is 20.2 Å². The van der Waals surface area contributed by atoms with E-state index < -0.39 is 0 Å². The second-order valence-electron chi connectivity index (χ2n) is 7.33. The molecule has 1 aromatic heterocycles. The molecule has 0 unspecified atom stereocenters. The Hall–Kier alpha value is -1.84. The highest BCUT2D eigenvalue weighted by atomic mass is 127. The summed E-state index contributed by atoms with van der Waals surface area (Å²) in [5, 5.41) is 10.4. The molecule has 0 fully saturated rings. The lowest BCUT2D eigenvalue weighted by atomic mass is 10.1. The maximum absolute atomic E-state index is 6.05. The van der Waals surface area contributed by atoms with Crippen molar-refractivity contribution in [1.82, 2.24) is 20.8 Å². The molecule has 8 heteroatoms. The van der Waals surface area contributed by atoms with E-state index in [9.17, 15) is 0 Å². The van der Waals surface area contributed by atoms with Crippen LogP contribution < -0.4 is 15.4 Å². The van der Waals surface area contributed by atoms with Crippen LogP contribution in [-0.4, -0.2) is 36.3 Å². The summed E-state index contributed by atoms with van der Waals surface area (Å²) in [6, 6.07) is 6.31. The standard InChI is InChI=1S/C21H33N5O2.HI/c1-15(2)7-6-12-27-19-13-16(3)8-9-18(19)14-24-21(22-5)23-11-10-20-25-17(4)26-28-20;/h8-9,13,15H,6-7,10-12,14H2,1-5H3,(H2,22,23,24);1H. The Morgan fingerprint density at radius 1 is 1.24 bits per heavy atom. The number of aromatic nitrogens is 2. The van der Waals surface area contributed by atoms with Gasteiger partial charge in [-0.2, -0.15) is 4.98 Å². The van der Waals surface area contributed by atoms with E-state index in [0.717, 1.165) is 30.3 Å². The number of aryl methyl sites for hydroxylation is 2. The third-order valence-electron chi connectivity index (χ3n) is 4.28. The van der Waals surface area contributed by atoms with Gasteiger partial charge in [-0.1, -0.05) is 31.1 Å². The third-order valence-corrected chi connectivity index (χ3v) is 4.28. The molecule has 0 radical (unpaired) electrons. The largest absolute Gasteiger partial charge is 0.493 e. The Labute approximate surface area is 191 Å². The van der Waals surface area contributed by atoms with E-state index in [1.54, 1.807) is 7.05 Å². The molecule has 0 saturated heterocycles.